The van der Waals surface area contributed by atoms with Crippen LogP contribution < -0.4 is 10.2 Å². The lowest BCUT2D eigenvalue weighted by Gasteiger charge is -2.25. The summed E-state index contributed by atoms with van der Waals surface area (Å²) in [6.07, 6.45) is 4.39. The molecule has 1 fully saturated rings. The zero-order valence-electron chi connectivity index (χ0n) is 10.6. The average Bonchev–Trinajstić information content (AvgIpc) is 2.97. The normalized spacial score (nSPS) is 17.2. The summed E-state index contributed by atoms with van der Waals surface area (Å²) >= 11 is 1.39. The van der Waals surface area contributed by atoms with E-state index in [1.54, 1.807) is 18.2 Å². The number of pyridine rings is 1. The summed E-state index contributed by atoms with van der Waals surface area (Å²) in [5, 5.41) is 3.99. The summed E-state index contributed by atoms with van der Waals surface area (Å²) in [5.41, 5.74) is 0.227. The fourth-order valence-electron chi connectivity index (χ4n) is 1.89. The smallest absolute Gasteiger partial charge is 0.273 e. The summed E-state index contributed by atoms with van der Waals surface area (Å²) in [6.45, 7) is 0. The standard InChI is InChI=1S/C14H9N3O3S/c18-12-11(7-10-4-2-6-21-10)13(19)17(14(20)16-12)9-3-1-5-15-8-9/h1-8H,(H,16,18,20)/b11-7+. The SMILES string of the molecule is O=C1NC(=O)N(c2cccnc2)C(=O)/C1=C/c1cccs1. The third kappa shape index (κ3) is 2.46. The van der Waals surface area contributed by atoms with Crippen molar-refractivity contribution in [3.05, 3.63) is 52.5 Å². The van der Waals surface area contributed by atoms with E-state index in [0.717, 1.165) is 9.78 Å². The van der Waals surface area contributed by atoms with Crippen molar-refractivity contribution in [3.63, 3.8) is 0 Å². The lowest BCUT2D eigenvalue weighted by molar-refractivity contribution is -0.122. The molecule has 0 aromatic carbocycles. The lowest BCUT2D eigenvalue weighted by Crippen LogP contribution is -2.54. The van der Waals surface area contributed by atoms with Crippen molar-refractivity contribution in [3.8, 4) is 0 Å². The number of amides is 4. The Morgan fingerprint density at radius 1 is 1.19 bits per heavy atom. The Kier molecular flexibility index (Phi) is 3.33. The molecule has 0 saturated carbocycles. The molecule has 1 saturated heterocycles. The first-order chi connectivity index (χ1) is 10.2. The van der Waals surface area contributed by atoms with Crippen LogP contribution in [-0.2, 0) is 9.59 Å². The molecule has 0 atom stereocenters. The molecule has 0 aliphatic carbocycles. The average molecular weight is 299 g/mol. The van der Waals surface area contributed by atoms with Gasteiger partial charge in [-0.05, 0) is 29.7 Å². The second-order valence-corrected chi connectivity index (χ2v) is 5.16. The molecule has 1 aliphatic rings. The molecule has 3 heterocycles. The molecule has 7 heteroatoms. The number of barbiturate groups is 1. The highest BCUT2D eigenvalue weighted by Gasteiger charge is 2.36. The van der Waals surface area contributed by atoms with Crippen molar-refractivity contribution < 1.29 is 14.4 Å². The fourth-order valence-corrected chi connectivity index (χ4v) is 2.55. The number of thiophene rings is 1. The van der Waals surface area contributed by atoms with Gasteiger partial charge in [-0.2, -0.15) is 0 Å². The Balaban J connectivity index is 2.02. The second-order valence-electron chi connectivity index (χ2n) is 4.18. The first kappa shape index (κ1) is 13.2. The van der Waals surface area contributed by atoms with Gasteiger partial charge in [-0.25, -0.2) is 9.69 Å². The molecule has 6 nitrogen and oxygen atoms in total. The van der Waals surface area contributed by atoms with E-state index in [4.69, 9.17) is 0 Å². The van der Waals surface area contributed by atoms with Gasteiger partial charge in [0, 0.05) is 11.1 Å². The minimum Gasteiger partial charge on any atom is -0.273 e. The van der Waals surface area contributed by atoms with Crippen molar-refractivity contribution in [2.75, 3.05) is 4.90 Å². The molecule has 1 aliphatic heterocycles. The summed E-state index contributed by atoms with van der Waals surface area (Å²) in [6, 6.07) is 5.99. The number of aromatic nitrogens is 1. The minimum atomic E-state index is -0.777. The number of rotatable bonds is 2. The number of carbonyl (C=O) groups excluding carboxylic acids is 3. The van der Waals surface area contributed by atoms with E-state index < -0.39 is 17.8 Å². The van der Waals surface area contributed by atoms with Crippen LogP contribution in [0.15, 0.2) is 47.6 Å². The van der Waals surface area contributed by atoms with E-state index in [1.807, 2.05) is 11.4 Å². The third-order valence-corrected chi connectivity index (χ3v) is 3.65. The molecule has 21 heavy (non-hydrogen) atoms. The van der Waals surface area contributed by atoms with Gasteiger partial charge in [0.1, 0.15) is 5.57 Å². The number of imide groups is 2. The van der Waals surface area contributed by atoms with Crippen LogP contribution in [0.3, 0.4) is 0 Å². The van der Waals surface area contributed by atoms with Gasteiger partial charge in [0.2, 0.25) is 0 Å². The molecule has 0 unspecified atom stereocenters. The first-order valence-corrected chi connectivity index (χ1v) is 6.90. The van der Waals surface area contributed by atoms with Gasteiger partial charge in [-0.15, -0.1) is 11.3 Å². The molecule has 0 radical (unpaired) electrons. The van der Waals surface area contributed by atoms with Crippen LogP contribution in [-0.4, -0.2) is 22.8 Å². The van der Waals surface area contributed by atoms with Crippen LogP contribution in [0.4, 0.5) is 10.5 Å². The van der Waals surface area contributed by atoms with Crippen molar-refractivity contribution >= 4 is 40.9 Å². The Bertz CT molecular complexity index is 738. The molecule has 104 valence electrons. The van der Waals surface area contributed by atoms with E-state index in [1.165, 1.54) is 29.8 Å². The number of hydrogen-bond donors (Lipinski definition) is 1. The van der Waals surface area contributed by atoms with E-state index in [9.17, 15) is 14.4 Å². The van der Waals surface area contributed by atoms with Crippen molar-refractivity contribution in [1.29, 1.82) is 0 Å². The maximum Gasteiger partial charge on any atom is 0.336 e. The summed E-state index contributed by atoms with van der Waals surface area (Å²) in [7, 11) is 0. The van der Waals surface area contributed by atoms with Crippen LogP contribution in [0.2, 0.25) is 0 Å². The molecule has 4 amide bonds. The zero-order valence-corrected chi connectivity index (χ0v) is 11.5. The van der Waals surface area contributed by atoms with Gasteiger partial charge < -0.3 is 0 Å². The van der Waals surface area contributed by atoms with Gasteiger partial charge in [0.15, 0.2) is 0 Å². The number of urea groups is 1. The number of hydrogen-bond acceptors (Lipinski definition) is 5. The van der Waals surface area contributed by atoms with Crippen molar-refractivity contribution in [1.82, 2.24) is 10.3 Å². The predicted molar refractivity (Wildman–Crippen MR) is 77.6 cm³/mol. The summed E-state index contributed by atoms with van der Waals surface area (Å²) in [4.78, 5) is 41.7. The quantitative estimate of drug-likeness (QED) is 0.677. The van der Waals surface area contributed by atoms with Gasteiger partial charge in [0.25, 0.3) is 11.8 Å². The molecule has 1 N–H and O–H groups in total. The first-order valence-electron chi connectivity index (χ1n) is 6.02. The summed E-state index contributed by atoms with van der Waals surface area (Å²) in [5.74, 6) is -1.36. The Morgan fingerprint density at radius 2 is 2.05 bits per heavy atom. The maximum absolute atomic E-state index is 12.4. The van der Waals surface area contributed by atoms with Crippen molar-refractivity contribution in [2.24, 2.45) is 0 Å². The fraction of sp³-hybridized carbons (Fsp3) is 0. The lowest BCUT2D eigenvalue weighted by atomic mass is 10.1. The van der Waals surface area contributed by atoms with Crippen LogP contribution in [0.1, 0.15) is 4.88 Å². The van der Waals surface area contributed by atoms with Crippen LogP contribution >= 0.6 is 11.3 Å². The Morgan fingerprint density at radius 3 is 2.71 bits per heavy atom. The largest absolute Gasteiger partial charge is 0.336 e. The van der Waals surface area contributed by atoms with E-state index in [2.05, 4.69) is 10.3 Å². The van der Waals surface area contributed by atoms with Crippen LogP contribution in [0, 0.1) is 0 Å². The highest BCUT2D eigenvalue weighted by Crippen LogP contribution is 2.21. The number of anilines is 1. The van der Waals surface area contributed by atoms with Gasteiger partial charge in [0.05, 0.1) is 11.9 Å². The van der Waals surface area contributed by atoms with Crippen LogP contribution in [0.5, 0.6) is 0 Å². The zero-order chi connectivity index (χ0) is 14.8. The topological polar surface area (TPSA) is 79.4 Å². The van der Waals surface area contributed by atoms with Gasteiger partial charge in [-0.3, -0.25) is 19.9 Å². The van der Waals surface area contributed by atoms with Crippen LogP contribution in [0.25, 0.3) is 6.08 Å². The second kappa shape index (κ2) is 5.29. The minimum absolute atomic E-state index is 0.0825. The van der Waals surface area contributed by atoms with Crippen molar-refractivity contribution in [2.45, 2.75) is 0 Å². The van der Waals surface area contributed by atoms with E-state index >= 15 is 0 Å². The Labute approximate surface area is 123 Å². The predicted octanol–water partition coefficient (Wildman–Crippen LogP) is 1.81. The highest BCUT2D eigenvalue weighted by molar-refractivity contribution is 7.10. The summed E-state index contributed by atoms with van der Waals surface area (Å²) < 4.78 is 0. The third-order valence-electron chi connectivity index (χ3n) is 2.84. The van der Waals surface area contributed by atoms with Gasteiger partial charge >= 0.3 is 6.03 Å². The highest BCUT2D eigenvalue weighted by atomic mass is 32.1. The van der Waals surface area contributed by atoms with E-state index in [-0.39, 0.29) is 5.57 Å². The molecular weight excluding hydrogens is 290 g/mol. The number of carbonyl (C=O) groups is 3. The number of nitrogens with zero attached hydrogens (tertiary/aromatic N) is 2. The molecule has 2 aromatic heterocycles. The molecular formula is C14H9N3O3S. The number of nitrogens with one attached hydrogen (secondary N) is 1. The molecule has 2 aromatic rings. The molecule has 3 rings (SSSR count). The molecule has 0 bridgehead atoms. The molecule has 0 spiro atoms. The Hall–Kier alpha value is -2.80. The maximum atomic E-state index is 12.4. The monoisotopic (exact) mass is 299 g/mol. The van der Waals surface area contributed by atoms with E-state index in [0.29, 0.717) is 5.69 Å². The van der Waals surface area contributed by atoms with Gasteiger partial charge in [-0.1, -0.05) is 6.07 Å².